The fourth-order valence-corrected chi connectivity index (χ4v) is 5.04. The topological polar surface area (TPSA) is 65.2 Å². The normalized spacial score (nSPS) is 16.1. The van der Waals surface area contributed by atoms with Crippen LogP contribution in [0.5, 0.6) is 5.75 Å². The van der Waals surface area contributed by atoms with Crippen LogP contribution in [-0.4, -0.2) is 28.8 Å². The lowest BCUT2D eigenvalue weighted by molar-refractivity contribution is 0.101. The Labute approximate surface area is 166 Å². The van der Waals surface area contributed by atoms with Gasteiger partial charge in [-0.25, -0.2) is 0 Å². The molecule has 0 bridgehead atoms. The van der Waals surface area contributed by atoms with Gasteiger partial charge in [0.2, 0.25) is 0 Å². The minimum absolute atomic E-state index is 0.0298. The fourth-order valence-electron chi connectivity index (χ4n) is 3.26. The van der Waals surface area contributed by atoms with Gasteiger partial charge in [-0.2, -0.15) is 0 Å². The largest absolute Gasteiger partial charge is 0.496 e. The van der Waals surface area contributed by atoms with Crippen molar-refractivity contribution < 1.29 is 13.9 Å². The van der Waals surface area contributed by atoms with Crippen LogP contribution in [0.15, 0.2) is 40.0 Å². The molecule has 0 aliphatic heterocycles. The summed E-state index contributed by atoms with van der Waals surface area (Å²) in [6, 6.07) is 9.39. The molecule has 140 valence electrons. The summed E-state index contributed by atoms with van der Waals surface area (Å²) in [5, 5.41) is 8.67. The number of thioether (sulfide) groups is 1. The molecule has 3 aromatic rings. The molecule has 7 heteroatoms. The average molecular weight is 401 g/mol. The number of para-hydroxylation sites is 1. The molecule has 4 rings (SSSR count). The molecule has 0 saturated heterocycles. The maximum Gasteiger partial charge on any atom is 0.277 e. The smallest absolute Gasteiger partial charge is 0.277 e. The molecule has 0 amide bonds. The van der Waals surface area contributed by atoms with Crippen molar-refractivity contribution in [1.29, 1.82) is 0 Å². The summed E-state index contributed by atoms with van der Waals surface area (Å²) >= 11 is 2.99. The van der Waals surface area contributed by atoms with Gasteiger partial charge < -0.3 is 9.15 Å². The molecule has 1 aromatic carbocycles. The number of aromatic nitrogens is 2. The molecule has 1 aliphatic carbocycles. The number of ketones is 1. The molecule has 0 fully saturated rings. The Balaban J connectivity index is 1.44. The summed E-state index contributed by atoms with van der Waals surface area (Å²) in [6.45, 7) is 2.29. The SMILES string of the molecule is COc1ccccc1C(=O)CSc1nnc(-c2cc3c(s2)CC[C@@H](C)C3)o1. The quantitative estimate of drug-likeness (QED) is 0.433. The van der Waals surface area contributed by atoms with Crippen molar-refractivity contribution in [2.24, 2.45) is 5.92 Å². The maximum absolute atomic E-state index is 12.4. The summed E-state index contributed by atoms with van der Waals surface area (Å²) in [7, 11) is 1.56. The molecular formula is C20H20N2O3S2. The van der Waals surface area contributed by atoms with E-state index in [1.54, 1.807) is 30.6 Å². The molecular weight excluding hydrogens is 380 g/mol. The van der Waals surface area contributed by atoms with Gasteiger partial charge in [0.15, 0.2) is 5.78 Å². The molecule has 1 aliphatic rings. The van der Waals surface area contributed by atoms with Crippen molar-refractivity contribution in [3.8, 4) is 16.5 Å². The van der Waals surface area contributed by atoms with E-state index in [9.17, 15) is 4.79 Å². The molecule has 1 atom stereocenters. The van der Waals surface area contributed by atoms with Gasteiger partial charge in [0.1, 0.15) is 5.75 Å². The van der Waals surface area contributed by atoms with Crippen molar-refractivity contribution in [2.45, 2.75) is 31.4 Å². The van der Waals surface area contributed by atoms with Crippen LogP contribution in [-0.2, 0) is 12.8 Å². The second-order valence-electron chi connectivity index (χ2n) is 6.69. The lowest BCUT2D eigenvalue weighted by Crippen LogP contribution is -2.07. The molecule has 0 spiro atoms. The number of nitrogens with zero attached hydrogens (tertiary/aromatic N) is 2. The van der Waals surface area contributed by atoms with Crippen LogP contribution in [0.1, 0.15) is 34.1 Å². The summed E-state index contributed by atoms with van der Waals surface area (Å²) in [6.07, 6.45) is 3.49. The van der Waals surface area contributed by atoms with Gasteiger partial charge in [-0.3, -0.25) is 4.79 Å². The molecule has 2 aromatic heterocycles. The highest BCUT2D eigenvalue weighted by Gasteiger charge is 2.21. The van der Waals surface area contributed by atoms with E-state index in [1.807, 2.05) is 12.1 Å². The van der Waals surface area contributed by atoms with E-state index >= 15 is 0 Å². The molecule has 27 heavy (non-hydrogen) atoms. The number of hydrogen-bond acceptors (Lipinski definition) is 7. The fraction of sp³-hybridized carbons (Fsp3) is 0.350. The van der Waals surface area contributed by atoms with Gasteiger partial charge in [-0.05, 0) is 48.9 Å². The van der Waals surface area contributed by atoms with Crippen LogP contribution >= 0.6 is 23.1 Å². The molecule has 0 N–H and O–H groups in total. The first-order valence-electron chi connectivity index (χ1n) is 8.88. The molecule has 5 nitrogen and oxygen atoms in total. The monoisotopic (exact) mass is 400 g/mol. The third-order valence-corrected chi connectivity index (χ3v) is 6.72. The van der Waals surface area contributed by atoms with E-state index < -0.39 is 0 Å². The summed E-state index contributed by atoms with van der Waals surface area (Å²) < 4.78 is 11.0. The Hall–Kier alpha value is -2.12. The van der Waals surface area contributed by atoms with E-state index in [1.165, 1.54) is 28.6 Å². The zero-order valence-electron chi connectivity index (χ0n) is 15.2. The van der Waals surface area contributed by atoms with E-state index in [4.69, 9.17) is 9.15 Å². The average Bonchev–Trinajstić information content (AvgIpc) is 3.32. The Kier molecular flexibility index (Phi) is 5.31. The third-order valence-electron chi connectivity index (χ3n) is 4.68. The number of fused-ring (bicyclic) bond motifs is 1. The van der Waals surface area contributed by atoms with Crippen molar-refractivity contribution in [2.75, 3.05) is 12.9 Å². The van der Waals surface area contributed by atoms with Gasteiger partial charge in [0.05, 0.1) is 23.3 Å². The van der Waals surface area contributed by atoms with Crippen LogP contribution in [0.4, 0.5) is 0 Å². The van der Waals surface area contributed by atoms with Crippen molar-refractivity contribution in [3.05, 3.63) is 46.3 Å². The molecule has 0 unspecified atom stereocenters. The van der Waals surface area contributed by atoms with Crippen LogP contribution in [0, 0.1) is 5.92 Å². The number of methoxy groups -OCH3 is 1. The lowest BCUT2D eigenvalue weighted by atomic mass is 9.90. The second-order valence-corrected chi connectivity index (χ2v) is 8.76. The minimum atomic E-state index is -0.0298. The third kappa shape index (κ3) is 3.94. The van der Waals surface area contributed by atoms with E-state index in [-0.39, 0.29) is 11.5 Å². The van der Waals surface area contributed by atoms with Crippen LogP contribution < -0.4 is 4.74 Å². The van der Waals surface area contributed by atoms with Crippen LogP contribution in [0.2, 0.25) is 0 Å². The number of rotatable bonds is 6. The van der Waals surface area contributed by atoms with E-state index in [0.717, 1.165) is 23.6 Å². The van der Waals surface area contributed by atoms with Gasteiger partial charge >= 0.3 is 0 Å². The first-order valence-corrected chi connectivity index (χ1v) is 10.7. The zero-order chi connectivity index (χ0) is 18.8. The highest BCUT2D eigenvalue weighted by molar-refractivity contribution is 7.99. The highest BCUT2D eigenvalue weighted by atomic mass is 32.2. The van der Waals surface area contributed by atoms with Crippen molar-refractivity contribution in [1.82, 2.24) is 10.2 Å². The first-order chi connectivity index (χ1) is 13.1. The Morgan fingerprint density at radius 1 is 1.37 bits per heavy atom. The standard InChI is InChI=1S/C20H20N2O3S2/c1-12-7-8-17-13(9-12)10-18(27-17)19-21-22-20(25-19)26-11-15(23)14-5-3-4-6-16(14)24-2/h3-6,10,12H,7-9,11H2,1-2H3/t12-/m1/s1. The predicted molar refractivity (Wildman–Crippen MR) is 107 cm³/mol. The van der Waals surface area contributed by atoms with Crippen molar-refractivity contribution >= 4 is 28.9 Å². The maximum atomic E-state index is 12.4. The van der Waals surface area contributed by atoms with Crippen molar-refractivity contribution in [3.63, 3.8) is 0 Å². The van der Waals surface area contributed by atoms with Gasteiger partial charge in [0.25, 0.3) is 11.1 Å². The zero-order valence-corrected chi connectivity index (χ0v) is 16.9. The number of aryl methyl sites for hydroxylation is 1. The first kappa shape index (κ1) is 18.3. The van der Waals surface area contributed by atoms with Crippen LogP contribution in [0.25, 0.3) is 10.8 Å². The van der Waals surface area contributed by atoms with Gasteiger partial charge in [0, 0.05) is 4.88 Å². The number of hydrogen-bond donors (Lipinski definition) is 0. The Morgan fingerprint density at radius 3 is 3.07 bits per heavy atom. The number of ether oxygens (including phenoxy) is 1. The highest BCUT2D eigenvalue weighted by Crippen LogP contribution is 2.37. The van der Waals surface area contributed by atoms with Gasteiger partial charge in [-0.1, -0.05) is 30.8 Å². The number of benzene rings is 1. The Morgan fingerprint density at radius 2 is 2.22 bits per heavy atom. The van der Waals surface area contributed by atoms with E-state index in [0.29, 0.717) is 22.4 Å². The molecule has 0 saturated carbocycles. The predicted octanol–water partition coefficient (Wildman–Crippen LogP) is 4.91. The summed E-state index contributed by atoms with van der Waals surface area (Å²) in [4.78, 5) is 14.9. The number of thiophene rings is 1. The number of Topliss-reactive ketones (excluding diaryl/α,β-unsaturated/α-hetero) is 1. The number of carbonyl (C=O) groups excluding carboxylic acids is 1. The minimum Gasteiger partial charge on any atom is -0.496 e. The van der Waals surface area contributed by atoms with Gasteiger partial charge in [-0.15, -0.1) is 21.5 Å². The van der Waals surface area contributed by atoms with Crippen LogP contribution in [0.3, 0.4) is 0 Å². The molecule has 0 radical (unpaired) electrons. The van der Waals surface area contributed by atoms with E-state index in [2.05, 4.69) is 23.2 Å². The summed E-state index contributed by atoms with van der Waals surface area (Å²) in [5.74, 6) is 2.04. The Bertz CT molecular complexity index is 964. The lowest BCUT2D eigenvalue weighted by Gasteiger charge is -2.16. The molecule has 2 heterocycles. The summed E-state index contributed by atoms with van der Waals surface area (Å²) in [5.41, 5.74) is 1.97. The second kappa shape index (κ2) is 7.86. The number of carbonyl (C=O) groups is 1.